The van der Waals surface area contributed by atoms with Crippen LogP contribution in [0.15, 0.2) is 24.3 Å². The number of aryl methyl sites for hydroxylation is 1. The highest BCUT2D eigenvalue weighted by Crippen LogP contribution is 2.28. The summed E-state index contributed by atoms with van der Waals surface area (Å²) in [5.41, 5.74) is 1.78. The van der Waals surface area contributed by atoms with Crippen molar-refractivity contribution in [1.82, 2.24) is 10.2 Å². The molecule has 0 aliphatic carbocycles. The summed E-state index contributed by atoms with van der Waals surface area (Å²) in [5, 5.41) is 9.96. The van der Waals surface area contributed by atoms with E-state index in [-0.39, 0.29) is 0 Å². The van der Waals surface area contributed by atoms with Gasteiger partial charge >= 0.3 is 5.97 Å². The number of aromatic nitrogens is 2. The molecular formula is C14H17N3O3. The lowest BCUT2D eigenvalue weighted by Crippen LogP contribution is -2.08. The number of aromatic amines is 1. The van der Waals surface area contributed by atoms with Crippen LogP contribution in [0.1, 0.15) is 23.0 Å². The average Bonchev–Trinajstić information content (AvgIpc) is 2.80. The van der Waals surface area contributed by atoms with Crippen LogP contribution >= 0.6 is 0 Å². The lowest BCUT2D eigenvalue weighted by Gasteiger charge is -2.10. The minimum atomic E-state index is -0.406. The number of carbonyl (C=O) groups excluding carboxylic acids is 1. The van der Waals surface area contributed by atoms with E-state index in [2.05, 4.69) is 15.5 Å². The van der Waals surface area contributed by atoms with E-state index in [9.17, 15) is 4.79 Å². The van der Waals surface area contributed by atoms with Crippen LogP contribution in [-0.2, 0) is 4.74 Å². The van der Waals surface area contributed by atoms with Gasteiger partial charge in [-0.1, -0.05) is 12.1 Å². The number of anilines is 2. The van der Waals surface area contributed by atoms with Crippen LogP contribution in [0.5, 0.6) is 5.75 Å². The van der Waals surface area contributed by atoms with Gasteiger partial charge in [-0.3, -0.25) is 5.10 Å². The fourth-order valence-electron chi connectivity index (χ4n) is 1.85. The van der Waals surface area contributed by atoms with Crippen molar-refractivity contribution in [2.45, 2.75) is 13.8 Å². The molecule has 0 spiro atoms. The normalized spacial score (nSPS) is 10.2. The van der Waals surface area contributed by atoms with Crippen molar-refractivity contribution in [3.8, 4) is 5.75 Å². The topological polar surface area (TPSA) is 76.2 Å². The molecule has 0 aliphatic heterocycles. The maximum atomic E-state index is 11.9. The minimum Gasteiger partial charge on any atom is -0.495 e. The third kappa shape index (κ3) is 2.74. The predicted octanol–water partition coefficient (Wildman–Crippen LogP) is 2.65. The number of carbonyl (C=O) groups is 1. The number of methoxy groups -OCH3 is 1. The Balaban J connectivity index is 2.32. The maximum Gasteiger partial charge on any atom is 0.343 e. The van der Waals surface area contributed by atoms with Crippen LogP contribution in [0, 0.1) is 6.92 Å². The summed E-state index contributed by atoms with van der Waals surface area (Å²) < 4.78 is 10.3. The highest BCUT2D eigenvalue weighted by Gasteiger charge is 2.20. The van der Waals surface area contributed by atoms with Crippen LogP contribution in [0.2, 0.25) is 0 Å². The second-order valence-electron chi connectivity index (χ2n) is 4.12. The SMILES string of the molecule is CCOC(=O)c1c(Nc2ccccc2OC)n[nH]c1C. The first-order valence-electron chi connectivity index (χ1n) is 6.29. The van der Waals surface area contributed by atoms with Gasteiger partial charge in [-0.2, -0.15) is 5.10 Å². The fourth-order valence-corrected chi connectivity index (χ4v) is 1.85. The molecule has 0 unspecified atom stereocenters. The second kappa shape index (κ2) is 6.10. The Morgan fingerprint density at radius 2 is 2.15 bits per heavy atom. The van der Waals surface area contributed by atoms with Gasteiger partial charge in [0.15, 0.2) is 5.82 Å². The maximum absolute atomic E-state index is 11.9. The molecule has 2 N–H and O–H groups in total. The molecule has 1 heterocycles. The number of nitrogens with zero attached hydrogens (tertiary/aromatic N) is 1. The number of ether oxygens (including phenoxy) is 2. The molecule has 0 bridgehead atoms. The number of benzene rings is 1. The fraction of sp³-hybridized carbons (Fsp3) is 0.286. The van der Waals surface area contributed by atoms with Crippen molar-refractivity contribution in [3.05, 3.63) is 35.5 Å². The summed E-state index contributed by atoms with van der Waals surface area (Å²) in [4.78, 5) is 11.9. The van der Waals surface area contributed by atoms with Crippen LogP contribution < -0.4 is 10.1 Å². The van der Waals surface area contributed by atoms with Gasteiger partial charge in [-0.05, 0) is 26.0 Å². The first-order chi connectivity index (χ1) is 9.67. The number of hydrogen-bond acceptors (Lipinski definition) is 5. The van der Waals surface area contributed by atoms with E-state index in [1.165, 1.54) is 0 Å². The van der Waals surface area contributed by atoms with Crippen molar-refractivity contribution in [2.24, 2.45) is 0 Å². The van der Waals surface area contributed by atoms with Crippen LogP contribution in [0.25, 0.3) is 0 Å². The first-order valence-corrected chi connectivity index (χ1v) is 6.29. The van der Waals surface area contributed by atoms with E-state index >= 15 is 0 Å². The summed E-state index contributed by atoms with van der Waals surface area (Å²) in [6.07, 6.45) is 0. The first kappa shape index (κ1) is 13.9. The van der Waals surface area contributed by atoms with Gasteiger partial charge in [-0.15, -0.1) is 0 Å². The van der Waals surface area contributed by atoms with Crippen LogP contribution in [0.4, 0.5) is 11.5 Å². The molecule has 0 radical (unpaired) electrons. The van der Waals surface area contributed by atoms with Gasteiger partial charge in [0.05, 0.1) is 19.4 Å². The number of esters is 1. The molecule has 0 saturated heterocycles. The molecule has 0 aliphatic rings. The highest BCUT2D eigenvalue weighted by atomic mass is 16.5. The molecule has 20 heavy (non-hydrogen) atoms. The van der Waals surface area contributed by atoms with Crippen LogP contribution in [-0.4, -0.2) is 29.9 Å². The Bertz CT molecular complexity index is 607. The third-order valence-electron chi connectivity index (χ3n) is 2.79. The van der Waals surface area contributed by atoms with Gasteiger partial charge in [0.25, 0.3) is 0 Å². The molecule has 0 saturated carbocycles. The lowest BCUT2D eigenvalue weighted by molar-refractivity contribution is 0.0527. The van der Waals surface area contributed by atoms with Gasteiger partial charge in [0.1, 0.15) is 11.3 Å². The Hall–Kier alpha value is -2.50. The van der Waals surface area contributed by atoms with E-state index in [0.717, 1.165) is 5.69 Å². The Labute approximate surface area is 117 Å². The van der Waals surface area contributed by atoms with E-state index in [4.69, 9.17) is 9.47 Å². The molecule has 6 nitrogen and oxygen atoms in total. The smallest absolute Gasteiger partial charge is 0.343 e. The predicted molar refractivity (Wildman–Crippen MR) is 75.6 cm³/mol. The number of H-pyrrole nitrogens is 1. The zero-order valence-electron chi connectivity index (χ0n) is 11.7. The van der Waals surface area contributed by atoms with E-state index in [0.29, 0.717) is 29.4 Å². The lowest BCUT2D eigenvalue weighted by atomic mass is 10.2. The molecule has 6 heteroatoms. The monoisotopic (exact) mass is 275 g/mol. The summed E-state index contributed by atoms with van der Waals surface area (Å²) >= 11 is 0. The van der Waals surface area contributed by atoms with Gasteiger partial charge in [0.2, 0.25) is 0 Å². The molecule has 0 fully saturated rings. The third-order valence-corrected chi connectivity index (χ3v) is 2.79. The van der Waals surface area contributed by atoms with Crippen molar-refractivity contribution in [1.29, 1.82) is 0 Å². The number of para-hydroxylation sites is 2. The molecule has 0 amide bonds. The molecule has 2 rings (SSSR count). The Morgan fingerprint density at radius 3 is 2.85 bits per heavy atom. The summed E-state index contributed by atoms with van der Waals surface area (Å²) in [6.45, 7) is 3.85. The van der Waals surface area contributed by atoms with Crippen molar-refractivity contribution >= 4 is 17.5 Å². The molecular weight excluding hydrogens is 258 g/mol. The summed E-state index contributed by atoms with van der Waals surface area (Å²) in [6, 6.07) is 7.41. The van der Waals surface area contributed by atoms with Gasteiger partial charge in [-0.25, -0.2) is 4.79 Å². The highest BCUT2D eigenvalue weighted by molar-refractivity contribution is 5.96. The molecule has 1 aromatic heterocycles. The zero-order chi connectivity index (χ0) is 14.5. The number of nitrogens with one attached hydrogen (secondary N) is 2. The Kier molecular flexibility index (Phi) is 4.24. The van der Waals surface area contributed by atoms with Crippen LogP contribution in [0.3, 0.4) is 0 Å². The molecule has 106 valence electrons. The average molecular weight is 275 g/mol. The molecule has 0 atom stereocenters. The number of rotatable bonds is 5. The second-order valence-corrected chi connectivity index (χ2v) is 4.12. The standard InChI is InChI=1S/C14H17N3O3/c1-4-20-14(18)12-9(2)16-17-13(12)15-10-7-5-6-8-11(10)19-3/h5-8H,4H2,1-3H3,(H2,15,16,17). The van der Waals surface area contributed by atoms with Crippen molar-refractivity contribution < 1.29 is 14.3 Å². The van der Waals surface area contributed by atoms with Gasteiger partial charge in [0, 0.05) is 5.69 Å². The summed E-state index contributed by atoms with van der Waals surface area (Å²) in [7, 11) is 1.59. The molecule has 2 aromatic rings. The van der Waals surface area contributed by atoms with E-state index < -0.39 is 5.97 Å². The largest absolute Gasteiger partial charge is 0.495 e. The minimum absolute atomic E-state index is 0.317. The van der Waals surface area contributed by atoms with Crippen molar-refractivity contribution in [2.75, 3.05) is 19.0 Å². The quantitative estimate of drug-likeness (QED) is 0.820. The molecule has 1 aromatic carbocycles. The number of hydrogen-bond donors (Lipinski definition) is 2. The summed E-state index contributed by atoms with van der Waals surface area (Å²) in [5.74, 6) is 0.685. The van der Waals surface area contributed by atoms with E-state index in [1.54, 1.807) is 21.0 Å². The van der Waals surface area contributed by atoms with Crippen molar-refractivity contribution in [3.63, 3.8) is 0 Å². The van der Waals surface area contributed by atoms with E-state index in [1.807, 2.05) is 24.3 Å². The zero-order valence-corrected chi connectivity index (χ0v) is 11.7. The van der Waals surface area contributed by atoms with Gasteiger partial charge < -0.3 is 14.8 Å². The Morgan fingerprint density at radius 1 is 1.40 bits per heavy atom.